The number of aromatic nitrogens is 2. The normalized spacial score (nSPS) is 13.4. The van der Waals surface area contributed by atoms with Crippen molar-refractivity contribution in [3.8, 4) is 11.4 Å². The Kier molecular flexibility index (Phi) is 7.38. The maximum atomic E-state index is 13.7. The number of morpholine rings is 1. The van der Waals surface area contributed by atoms with Crippen molar-refractivity contribution in [3.63, 3.8) is 0 Å². The van der Waals surface area contributed by atoms with Crippen LogP contribution < -0.4 is 10.3 Å². The highest BCUT2D eigenvalue weighted by atomic mass is 32.2. The molecule has 194 valence electrons. The fraction of sp³-hybridized carbons (Fsp3) is 0.222. The predicted molar refractivity (Wildman–Crippen MR) is 143 cm³/mol. The van der Waals surface area contributed by atoms with E-state index >= 15 is 0 Å². The smallest absolute Gasteiger partial charge is 0.269 e. The average molecular weight is 533 g/mol. The third-order valence-electron chi connectivity index (χ3n) is 6.21. The molecule has 0 bridgehead atoms. The SMILES string of the molecule is COc1cccc(-n2c(SCc3ccc([N+](=O)[O-])cc3)nc3cc(C(=O)N4CCOCC4)ccc3c2=O)c1. The van der Waals surface area contributed by atoms with E-state index in [9.17, 15) is 19.7 Å². The van der Waals surface area contributed by atoms with Gasteiger partial charge >= 0.3 is 0 Å². The van der Waals surface area contributed by atoms with Gasteiger partial charge in [-0.15, -0.1) is 0 Å². The van der Waals surface area contributed by atoms with Crippen LogP contribution in [0.3, 0.4) is 0 Å². The second-order valence-electron chi connectivity index (χ2n) is 8.59. The van der Waals surface area contributed by atoms with Gasteiger partial charge in [0, 0.05) is 42.6 Å². The third kappa shape index (κ3) is 5.24. The van der Waals surface area contributed by atoms with E-state index < -0.39 is 4.92 Å². The van der Waals surface area contributed by atoms with Crippen LogP contribution in [0, 0.1) is 10.1 Å². The number of nitro benzene ring substituents is 1. The molecule has 10 nitrogen and oxygen atoms in total. The number of amides is 1. The summed E-state index contributed by atoms with van der Waals surface area (Å²) in [4.78, 5) is 43.9. The molecule has 0 atom stereocenters. The van der Waals surface area contributed by atoms with Crippen LogP contribution in [0.5, 0.6) is 5.75 Å². The first-order valence-electron chi connectivity index (χ1n) is 11.9. The number of methoxy groups -OCH3 is 1. The first-order chi connectivity index (χ1) is 18.4. The number of carbonyl (C=O) groups excluding carboxylic acids is 1. The molecule has 5 rings (SSSR count). The van der Waals surface area contributed by atoms with Crippen LogP contribution in [0.2, 0.25) is 0 Å². The van der Waals surface area contributed by atoms with Crippen LogP contribution in [0.25, 0.3) is 16.6 Å². The Bertz CT molecular complexity index is 1560. The maximum Gasteiger partial charge on any atom is 0.269 e. The standard InChI is InChI=1S/C27H24N4O6S/c1-36-22-4-2-3-21(16-22)30-26(33)23-10-7-19(25(32)29-11-13-37-14-12-29)15-24(23)28-27(30)38-17-18-5-8-20(9-6-18)31(34)35/h2-10,15-16H,11-14,17H2,1H3. The van der Waals surface area contributed by atoms with Crippen LogP contribution in [-0.4, -0.2) is 58.7 Å². The van der Waals surface area contributed by atoms with E-state index in [4.69, 9.17) is 14.5 Å². The third-order valence-corrected chi connectivity index (χ3v) is 7.22. The number of hydrogen-bond donors (Lipinski definition) is 0. The fourth-order valence-corrected chi connectivity index (χ4v) is 5.15. The van der Waals surface area contributed by atoms with E-state index in [0.717, 1.165) is 5.56 Å². The van der Waals surface area contributed by atoms with Crippen LogP contribution in [0.4, 0.5) is 5.69 Å². The van der Waals surface area contributed by atoms with Gasteiger partial charge in [0.25, 0.3) is 17.2 Å². The molecule has 4 aromatic rings. The topological polar surface area (TPSA) is 117 Å². The number of benzene rings is 3. The maximum absolute atomic E-state index is 13.7. The lowest BCUT2D eigenvalue weighted by molar-refractivity contribution is -0.384. The second-order valence-corrected chi connectivity index (χ2v) is 9.53. The van der Waals surface area contributed by atoms with Gasteiger partial charge in [0.1, 0.15) is 5.75 Å². The van der Waals surface area contributed by atoms with Gasteiger partial charge in [0.2, 0.25) is 0 Å². The summed E-state index contributed by atoms with van der Waals surface area (Å²) in [5.41, 5.74) is 2.02. The number of hydrogen-bond acceptors (Lipinski definition) is 8. The van der Waals surface area contributed by atoms with Crippen LogP contribution in [0.15, 0.2) is 76.7 Å². The molecule has 1 amide bonds. The van der Waals surface area contributed by atoms with Gasteiger partial charge in [-0.2, -0.15) is 0 Å². The lowest BCUT2D eigenvalue weighted by Gasteiger charge is -2.26. The molecule has 1 saturated heterocycles. The van der Waals surface area contributed by atoms with E-state index in [1.54, 1.807) is 66.6 Å². The summed E-state index contributed by atoms with van der Waals surface area (Å²) in [6, 6.07) is 18.3. The molecule has 1 fully saturated rings. The molecular weight excluding hydrogens is 508 g/mol. The summed E-state index contributed by atoms with van der Waals surface area (Å²) in [5, 5.41) is 11.8. The minimum atomic E-state index is -0.446. The zero-order chi connectivity index (χ0) is 26.6. The quantitative estimate of drug-likeness (QED) is 0.151. The summed E-state index contributed by atoms with van der Waals surface area (Å²) in [5.74, 6) is 0.882. The van der Waals surface area contributed by atoms with Gasteiger partial charge in [-0.05, 0) is 35.9 Å². The van der Waals surface area contributed by atoms with Gasteiger partial charge in [0.15, 0.2) is 5.16 Å². The number of ether oxygens (including phenoxy) is 2. The fourth-order valence-electron chi connectivity index (χ4n) is 4.18. The predicted octanol–water partition coefficient (Wildman–Crippen LogP) is 4.07. The Morgan fingerprint density at radius 1 is 1.11 bits per heavy atom. The second kappa shape index (κ2) is 11.0. The summed E-state index contributed by atoms with van der Waals surface area (Å²) in [6.45, 7) is 2.01. The number of nitro groups is 1. The summed E-state index contributed by atoms with van der Waals surface area (Å²) >= 11 is 1.32. The van der Waals surface area contributed by atoms with Gasteiger partial charge < -0.3 is 14.4 Å². The Morgan fingerprint density at radius 2 is 1.87 bits per heavy atom. The van der Waals surface area contributed by atoms with Gasteiger partial charge in [-0.3, -0.25) is 24.3 Å². The number of rotatable bonds is 7. The minimum absolute atomic E-state index is 0.00772. The van der Waals surface area contributed by atoms with Crippen LogP contribution in [-0.2, 0) is 10.5 Å². The van der Waals surface area contributed by atoms with Gasteiger partial charge in [-0.25, -0.2) is 4.98 Å². The highest BCUT2D eigenvalue weighted by Crippen LogP contribution is 2.27. The van der Waals surface area contributed by atoms with Gasteiger partial charge in [0.05, 0.1) is 41.8 Å². The van der Waals surface area contributed by atoms with E-state index in [1.807, 2.05) is 0 Å². The molecule has 0 aliphatic carbocycles. The first-order valence-corrected chi connectivity index (χ1v) is 12.9. The Balaban J connectivity index is 1.56. The molecule has 0 spiro atoms. The molecule has 1 aliphatic heterocycles. The molecule has 1 aliphatic rings. The van der Waals surface area contributed by atoms with Crippen molar-refractivity contribution in [3.05, 3.63) is 98.3 Å². The lowest BCUT2D eigenvalue weighted by atomic mass is 10.1. The summed E-state index contributed by atoms with van der Waals surface area (Å²) < 4.78 is 12.2. The number of fused-ring (bicyclic) bond motifs is 1. The van der Waals surface area contributed by atoms with Gasteiger partial charge in [-0.1, -0.05) is 30.0 Å². The molecule has 0 saturated carbocycles. The van der Waals surface area contributed by atoms with Crippen molar-refractivity contribution in [2.75, 3.05) is 33.4 Å². The molecular formula is C27H24N4O6S. The van der Waals surface area contributed by atoms with Crippen molar-refractivity contribution in [1.82, 2.24) is 14.5 Å². The van der Waals surface area contributed by atoms with Crippen molar-refractivity contribution >= 4 is 34.3 Å². The summed E-state index contributed by atoms with van der Waals surface area (Å²) in [7, 11) is 1.55. The molecule has 2 heterocycles. The zero-order valence-electron chi connectivity index (χ0n) is 20.5. The molecule has 11 heteroatoms. The minimum Gasteiger partial charge on any atom is -0.497 e. The number of thioether (sulfide) groups is 1. The van der Waals surface area contributed by atoms with E-state index in [2.05, 4.69) is 0 Å². The molecule has 3 aromatic carbocycles. The molecule has 0 radical (unpaired) electrons. The number of non-ortho nitro benzene ring substituents is 1. The highest BCUT2D eigenvalue weighted by Gasteiger charge is 2.21. The van der Waals surface area contributed by atoms with E-state index in [-0.39, 0.29) is 17.2 Å². The Hall–Kier alpha value is -4.22. The van der Waals surface area contributed by atoms with Crippen LogP contribution >= 0.6 is 11.8 Å². The van der Waals surface area contributed by atoms with Crippen molar-refractivity contribution in [2.24, 2.45) is 0 Å². The van der Waals surface area contributed by atoms with Crippen molar-refractivity contribution < 1.29 is 19.2 Å². The number of nitrogens with zero attached hydrogens (tertiary/aromatic N) is 4. The van der Waals surface area contributed by atoms with Crippen LogP contribution in [0.1, 0.15) is 15.9 Å². The monoisotopic (exact) mass is 532 g/mol. The molecule has 1 aromatic heterocycles. The molecule has 0 unspecified atom stereocenters. The largest absolute Gasteiger partial charge is 0.497 e. The molecule has 0 N–H and O–H groups in total. The van der Waals surface area contributed by atoms with E-state index in [1.165, 1.54) is 28.5 Å². The first kappa shape index (κ1) is 25.4. The van der Waals surface area contributed by atoms with Crippen molar-refractivity contribution in [2.45, 2.75) is 10.9 Å². The summed E-state index contributed by atoms with van der Waals surface area (Å²) in [6.07, 6.45) is 0. The van der Waals surface area contributed by atoms with E-state index in [0.29, 0.717) is 65.1 Å². The lowest BCUT2D eigenvalue weighted by Crippen LogP contribution is -2.40. The molecule has 38 heavy (non-hydrogen) atoms. The number of carbonyl (C=O) groups is 1. The zero-order valence-corrected chi connectivity index (χ0v) is 21.3. The Morgan fingerprint density at radius 3 is 2.58 bits per heavy atom. The highest BCUT2D eigenvalue weighted by molar-refractivity contribution is 7.98. The Labute approximate surface area is 222 Å². The average Bonchev–Trinajstić information content (AvgIpc) is 2.96. The van der Waals surface area contributed by atoms with Crippen molar-refractivity contribution in [1.29, 1.82) is 0 Å².